The molecule has 0 bridgehead atoms. The molecule has 2 fully saturated rings. The van der Waals surface area contributed by atoms with Crippen molar-refractivity contribution < 1.29 is 9.47 Å². The van der Waals surface area contributed by atoms with Gasteiger partial charge in [-0.3, -0.25) is 4.98 Å². The average Bonchev–Trinajstić information content (AvgIpc) is 2.96. The molecule has 7 heteroatoms. The van der Waals surface area contributed by atoms with E-state index in [9.17, 15) is 0 Å². The van der Waals surface area contributed by atoms with E-state index < -0.39 is 0 Å². The molecular formula is C18H18N4O2S. The summed E-state index contributed by atoms with van der Waals surface area (Å²) in [6, 6.07) is 7.84. The number of benzene rings is 1. The fraction of sp³-hybridized carbons (Fsp3) is 0.333. The smallest absolute Gasteiger partial charge is 0.142 e. The van der Waals surface area contributed by atoms with Gasteiger partial charge in [-0.05, 0) is 35.3 Å². The number of fused-ring (bicyclic) bond motifs is 1. The van der Waals surface area contributed by atoms with Gasteiger partial charge in [0.05, 0.1) is 31.4 Å². The van der Waals surface area contributed by atoms with Gasteiger partial charge in [0.15, 0.2) is 0 Å². The molecule has 2 N–H and O–H groups in total. The largest absolute Gasteiger partial charge is 0.495 e. The van der Waals surface area contributed by atoms with Crippen molar-refractivity contribution in [1.82, 2.24) is 9.36 Å². The van der Waals surface area contributed by atoms with Gasteiger partial charge in [-0.2, -0.15) is 4.37 Å². The number of methoxy groups -OCH3 is 1. The van der Waals surface area contributed by atoms with Crippen LogP contribution in [-0.2, 0) is 4.74 Å². The van der Waals surface area contributed by atoms with Gasteiger partial charge in [0, 0.05) is 24.8 Å². The third-order valence-electron chi connectivity index (χ3n) is 5.02. The van der Waals surface area contributed by atoms with Crippen molar-refractivity contribution in [2.45, 2.75) is 0 Å². The van der Waals surface area contributed by atoms with Crippen molar-refractivity contribution in [2.75, 3.05) is 44.0 Å². The molecule has 2 saturated heterocycles. The fourth-order valence-corrected chi connectivity index (χ4v) is 4.37. The minimum absolute atomic E-state index is 0.386. The highest BCUT2D eigenvalue weighted by atomic mass is 32.1. The Kier molecular flexibility index (Phi) is 3.17. The fourth-order valence-electron chi connectivity index (χ4n) is 3.56. The van der Waals surface area contributed by atoms with Crippen LogP contribution in [0.2, 0.25) is 0 Å². The summed E-state index contributed by atoms with van der Waals surface area (Å²) in [6.45, 7) is 3.86. The van der Waals surface area contributed by atoms with Crippen LogP contribution < -0.4 is 15.4 Å². The summed E-state index contributed by atoms with van der Waals surface area (Å²) in [6.07, 6.45) is 1.90. The zero-order valence-corrected chi connectivity index (χ0v) is 14.7. The Morgan fingerprint density at radius 2 is 2.08 bits per heavy atom. The van der Waals surface area contributed by atoms with E-state index in [0.717, 1.165) is 53.5 Å². The first-order chi connectivity index (χ1) is 12.2. The summed E-state index contributed by atoms with van der Waals surface area (Å²) in [5, 5.41) is 1.16. The topological polar surface area (TPSA) is 73.5 Å². The molecular weight excluding hydrogens is 336 g/mol. The molecule has 4 heterocycles. The highest BCUT2D eigenvalue weighted by Gasteiger charge is 2.49. The first-order valence-corrected chi connectivity index (χ1v) is 8.97. The molecule has 2 aliphatic rings. The zero-order valence-electron chi connectivity index (χ0n) is 13.9. The third kappa shape index (κ3) is 2.26. The van der Waals surface area contributed by atoms with Gasteiger partial charge >= 0.3 is 0 Å². The van der Waals surface area contributed by atoms with Crippen molar-refractivity contribution in [1.29, 1.82) is 0 Å². The molecule has 0 amide bonds. The molecule has 2 aromatic heterocycles. The molecule has 3 aromatic rings. The molecule has 0 atom stereocenters. The molecule has 0 saturated carbocycles. The Balaban J connectivity index is 1.47. The molecule has 128 valence electrons. The Bertz CT molecular complexity index is 959. The van der Waals surface area contributed by atoms with Gasteiger partial charge in [-0.25, -0.2) is 0 Å². The van der Waals surface area contributed by atoms with Gasteiger partial charge in [0.2, 0.25) is 0 Å². The summed E-state index contributed by atoms with van der Waals surface area (Å²) >= 11 is 1.52. The second-order valence-corrected chi connectivity index (χ2v) is 7.64. The molecule has 0 aliphatic carbocycles. The Labute approximate surface area is 149 Å². The standard InChI is InChI=1S/C18H18N4O2S/c1-23-15-5-11(2-3-13(15)19)12-4-14-16(20-6-12)17(25-21-14)22-7-18(8-22)9-24-10-18/h2-6H,7-10,19H2,1H3. The van der Waals surface area contributed by atoms with Gasteiger partial charge in [0.1, 0.15) is 21.8 Å². The number of hydrogen-bond donors (Lipinski definition) is 1. The lowest BCUT2D eigenvalue weighted by Gasteiger charge is -2.55. The van der Waals surface area contributed by atoms with E-state index >= 15 is 0 Å². The van der Waals surface area contributed by atoms with Crippen LogP contribution in [0, 0.1) is 5.41 Å². The lowest BCUT2D eigenvalue weighted by Crippen LogP contribution is -2.66. The first-order valence-electron chi connectivity index (χ1n) is 8.19. The number of nitrogens with two attached hydrogens (primary N) is 1. The maximum atomic E-state index is 5.90. The number of nitrogen functional groups attached to an aromatic ring is 1. The van der Waals surface area contributed by atoms with Crippen molar-refractivity contribution >= 4 is 33.3 Å². The lowest BCUT2D eigenvalue weighted by molar-refractivity contribution is -0.126. The molecule has 25 heavy (non-hydrogen) atoms. The minimum Gasteiger partial charge on any atom is -0.495 e. The van der Waals surface area contributed by atoms with Crippen molar-refractivity contribution in [3.05, 3.63) is 30.5 Å². The van der Waals surface area contributed by atoms with Gasteiger partial charge < -0.3 is 20.1 Å². The Hall–Kier alpha value is -2.38. The number of ether oxygens (including phenoxy) is 2. The highest BCUT2D eigenvalue weighted by molar-refractivity contribution is 7.11. The van der Waals surface area contributed by atoms with Crippen LogP contribution in [0.25, 0.3) is 22.2 Å². The Morgan fingerprint density at radius 3 is 2.80 bits per heavy atom. The monoisotopic (exact) mass is 354 g/mol. The predicted molar refractivity (Wildman–Crippen MR) is 99.3 cm³/mol. The Morgan fingerprint density at radius 1 is 1.24 bits per heavy atom. The van der Waals surface area contributed by atoms with Crippen LogP contribution in [0.4, 0.5) is 10.7 Å². The molecule has 6 nitrogen and oxygen atoms in total. The normalized spacial score (nSPS) is 18.2. The second kappa shape index (κ2) is 5.31. The van der Waals surface area contributed by atoms with Crippen LogP contribution in [0.15, 0.2) is 30.5 Å². The van der Waals surface area contributed by atoms with E-state index in [1.807, 2.05) is 24.4 Å². The molecule has 0 unspecified atom stereocenters. The van der Waals surface area contributed by atoms with Crippen LogP contribution in [0.3, 0.4) is 0 Å². The van der Waals surface area contributed by atoms with E-state index in [-0.39, 0.29) is 0 Å². The number of nitrogens with zero attached hydrogens (tertiary/aromatic N) is 3. The van der Waals surface area contributed by atoms with Crippen LogP contribution in [0.5, 0.6) is 5.75 Å². The van der Waals surface area contributed by atoms with E-state index in [2.05, 4.69) is 15.3 Å². The maximum absolute atomic E-state index is 5.90. The summed E-state index contributed by atoms with van der Waals surface area (Å²) < 4.78 is 15.3. The van der Waals surface area contributed by atoms with E-state index in [4.69, 9.17) is 20.2 Å². The van der Waals surface area contributed by atoms with E-state index in [1.165, 1.54) is 11.5 Å². The summed E-state index contributed by atoms with van der Waals surface area (Å²) in [5.41, 5.74) is 10.8. The highest BCUT2D eigenvalue weighted by Crippen LogP contribution is 2.44. The minimum atomic E-state index is 0.386. The van der Waals surface area contributed by atoms with E-state index in [1.54, 1.807) is 7.11 Å². The van der Waals surface area contributed by atoms with Crippen molar-refractivity contribution in [3.63, 3.8) is 0 Å². The van der Waals surface area contributed by atoms with Gasteiger partial charge in [-0.15, -0.1) is 0 Å². The maximum Gasteiger partial charge on any atom is 0.142 e. The number of hydrogen-bond acceptors (Lipinski definition) is 7. The summed E-state index contributed by atoms with van der Waals surface area (Å²) in [4.78, 5) is 7.06. The van der Waals surface area contributed by atoms with Crippen molar-refractivity contribution in [3.8, 4) is 16.9 Å². The summed E-state index contributed by atoms with van der Waals surface area (Å²) in [7, 11) is 1.62. The molecule has 2 aliphatic heterocycles. The zero-order chi connectivity index (χ0) is 17.0. The summed E-state index contributed by atoms with van der Waals surface area (Å²) in [5.74, 6) is 0.671. The lowest BCUT2D eigenvalue weighted by atomic mass is 9.78. The number of anilines is 2. The third-order valence-corrected chi connectivity index (χ3v) is 5.94. The van der Waals surface area contributed by atoms with E-state index in [0.29, 0.717) is 16.9 Å². The number of pyridine rings is 1. The van der Waals surface area contributed by atoms with Crippen LogP contribution in [-0.4, -0.2) is 42.8 Å². The van der Waals surface area contributed by atoms with Crippen molar-refractivity contribution in [2.24, 2.45) is 5.41 Å². The molecule has 1 aromatic carbocycles. The first kappa shape index (κ1) is 14.9. The van der Waals surface area contributed by atoms with Gasteiger partial charge in [0.25, 0.3) is 0 Å². The number of aromatic nitrogens is 2. The van der Waals surface area contributed by atoms with Crippen LogP contribution >= 0.6 is 11.5 Å². The SMILES string of the molecule is COc1cc(-c2cnc3c(N4CC5(COC5)C4)snc3c2)ccc1N. The average molecular weight is 354 g/mol. The van der Waals surface area contributed by atoms with Gasteiger partial charge in [-0.1, -0.05) is 6.07 Å². The second-order valence-electron chi connectivity index (χ2n) is 6.89. The number of rotatable bonds is 3. The quantitative estimate of drug-likeness (QED) is 0.729. The molecule has 5 rings (SSSR count). The molecule has 0 radical (unpaired) electrons. The predicted octanol–water partition coefficient (Wildman–Crippen LogP) is 2.79. The molecule has 1 spiro atoms. The van der Waals surface area contributed by atoms with Crippen LogP contribution in [0.1, 0.15) is 0 Å².